The largest absolute Gasteiger partial charge is 0.326 e. The molecule has 0 spiro atoms. The van der Waals surface area contributed by atoms with E-state index in [2.05, 4.69) is 11.4 Å². The van der Waals surface area contributed by atoms with Crippen molar-refractivity contribution in [2.45, 2.75) is 24.2 Å². The Morgan fingerprint density at radius 1 is 1.04 bits per heavy atom. The molecular weight excluding hydrogens is 392 g/mol. The van der Waals surface area contributed by atoms with Crippen molar-refractivity contribution in [2.75, 3.05) is 16.7 Å². The van der Waals surface area contributed by atoms with Crippen molar-refractivity contribution in [1.82, 2.24) is 0 Å². The van der Waals surface area contributed by atoms with Gasteiger partial charge in [-0.05, 0) is 54.6 Å². The number of benzene rings is 2. The van der Waals surface area contributed by atoms with Crippen LogP contribution in [0.15, 0.2) is 77.0 Å². The molecule has 1 N–H and O–H groups in total. The number of carbonyl (C=O) groups is 1. The van der Waals surface area contributed by atoms with Crippen LogP contribution in [0.4, 0.5) is 11.4 Å². The zero-order valence-electron chi connectivity index (χ0n) is 15.5. The van der Waals surface area contributed by atoms with E-state index in [0.717, 1.165) is 12.8 Å². The Morgan fingerprint density at radius 3 is 2.54 bits per heavy atom. The normalized spacial score (nSPS) is 11.2. The van der Waals surface area contributed by atoms with Gasteiger partial charge in [-0.1, -0.05) is 30.3 Å². The van der Waals surface area contributed by atoms with Crippen molar-refractivity contribution >= 4 is 38.6 Å². The number of carbonyl (C=O) groups excluding carboxylic acids is 1. The predicted octanol–water partition coefficient (Wildman–Crippen LogP) is 4.53. The summed E-state index contributed by atoms with van der Waals surface area (Å²) in [5.41, 5.74) is 1.05. The minimum Gasteiger partial charge on any atom is -0.326 e. The fourth-order valence-electron chi connectivity index (χ4n) is 2.77. The lowest BCUT2D eigenvalue weighted by Crippen LogP contribution is -2.26. The molecule has 0 aliphatic heterocycles. The van der Waals surface area contributed by atoms with Gasteiger partial charge >= 0.3 is 0 Å². The molecule has 28 heavy (non-hydrogen) atoms. The smallest absolute Gasteiger partial charge is 0.264 e. The van der Waals surface area contributed by atoms with E-state index < -0.39 is 10.0 Å². The lowest BCUT2D eigenvalue weighted by atomic mass is 10.2. The van der Waals surface area contributed by atoms with Crippen LogP contribution in [0.25, 0.3) is 0 Å². The maximum absolute atomic E-state index is 12.9. The number of thiophene rings is 1. The number of hydrogen-bond donors (Lipinski definition) is 1. The number of aryl methyl sites for hydroxylation is 1. The SMILES string of the molecule is CN(c1ccccc1)S(=O)(=O)c1cccc(NC(=O)CCCc2cccs2)c1. The number of anilines is 2. The highest BCUT2D eigenvalue weighted by atomic mass is 32.2. The monoisotopic (exact) mass is 414 g/mol. The molecule has 5 nitrogen and oxygen atoms in total. The Morgan fingerprint density at radius 2 is 1.82 bits per heavy atom. The number of para-hydroxylation sites is 1. The van der Waals surface area contributed by atoms with Gasteiger partial charge in [0.2, 0.25) is 5.91 Å². The summed E-state index contributed by atoms with van der Waals surface area (Å²) in [4.78, 5) is 13.6. The lowest BCUT2D eigenvalue weighted by molar-refractivity contribution is -0.116. The molecule has 1 heterocycles. The lowest BCUT2D eigenvalue weighted by Gasteiger charge is -2.19. The molecule has 146 valence electrons. The Labute approximate surface area is 169 Å². The molecule has 0 unspecified atom stereocenters. The van der Waals surface area contributed by atoms with Gasteiger partial charge in [0, 0.05) is 24.0 Å². The van der Waals surface area contributed by atoms with E-state index >= 15 is 0 Å². The average molecular weight is 415 g/mol. The third-order valence-corrected chi connectivity index (χ3v) is 7.02. The summed E-state index contributed by atoms with van der Waals surface area (Å²) in [6.07, 6.45) is 2.00. The second-order valence-corrected chi connectivity index (χ2v) is 9.32. The van der Waals surface area contributed by atoms with Crippen molar-refractivity contribution in [3.8, 4) is 0 Å². The molecule has 0 saturated carbocycles. The summed E-state index contributed by atoms with van der Waals surface area (Å²) >= 11 is 1.68. The van der Waals surface area contributed by atoms with Crippen molar-refractivity contribution in [3.63, 3.8) is 0 Å². The second-order valence-electron chi connectivity index (χ2n) is 6.32. The molecule has 0 fully saturated rings. The standard InChI is InChI=1S/C21H22N2O3S2/c1-23(18-9-3-2-4-10-18)28(25,26)20-13-5-8-17(16-20)22-21(24)14-6-11-19-12-7-15-27-19/h2-5,7-10,12-13,15-16H,6,11,14H2,1H3,(H,22,24). The highest BCUT2D eigenvalue weighted by Gasteiger charge is 2.21. The van der Waals surface area contributed by atoms with Gasteiger partial charge < -0.3 is 5.32 Å². The Bertz CT molecular complexity index is 1020. The molecule has 0 saturated heterocycles. The van der Waals surface area contributed by atoms with Gasteiger partial charge in [-0.3, -0.25) is 9.10 Å². The highest BCUT2D eigenvalue weighted by Crippen LogP contribution is 2.23. The van der Waals surface area contributed by atoms with Crippen LogP contribution in [0.3, 0.4) is 0 Å². The Hall–Kier alpha value is -2.64. The van der Waals surface area contributed by atoms with E-state index in [-0.39, 0.29) is 10.8 Å². The van der Waals surface area contributed by atoms with Crippen LogP contribution in [-0.2, 0) is 21.2 Å². The minimum absolute atomic E-state index is 0.123. The number of nitrogens with zero attached hydrogens (tertiary/aromatic N) is 1. The maximum atomic E-state index is 12.9. The van der Waals surface area contributed by atoms with E-state index in [0.29, 0.717) is 17.8 Å². The molecule has 2 aromatic carbocycles. The number of nitrogens with one attached hydrogen (secondary N) is 1. The topological polar surface area (TPSA) is 66.5 Å². The van der Waals surface area contributed by atoms with Gasteiger partial charge in [0.15, 0.2) is 0 Å². The molecule has 3 aromatic rings. The first-order chi connectivity index (χ1) is 13.5. The average Bonchev–Trinajstić information content (AvgIpc) is 3.22. The van der Waals surface area contributed by atoms with Crippen molar-refractivity contribution < 1.29 is 13.2 Å². The first-order valence-electron chi connectivity index (χ1n) is 8.93. The van der Waals surface area contributed by atoms with Gasteiger partial charge in [-0.25, -0.2) is 8.42 Å². The maximum Gasteiger partial charge on any atom is 0.264 e. The van der Waals surface area contributed by atoms with E-state index in [1.807, 2.05) is 17.5 Å². The molecular formula is C21H22N2O3S2. The third-order valence-electron chi connectivity index (χ3n) is 4.30. The van der Waals surface area contributed by atoms with Crippen LogP contribution in [0.2, 0.25) is 0 Å². The molecule has 3 rings (SSSR count). The molecule has 7 heteroatoms. The minimum atomic E-state index is -3.71. The molecule has 0 atom stereocenters. The summed E-state index contributed by atoms with van der Waals surface area (Å²) in [6.45, 7) is 0. The fourth-order valence-corrected chi connectivity index (χ4v) is 4.76. The third kappa shape index (κ3) is 4.99. The summed E-state index contributed by atoms with van der Waals surface area (Å²) in [7, 11) is -2.20. The zero-order valence-corrected chi connectivity index (χ0v) is 17.2. The highest BCUT2D eigenvalue weighted by molar-refractivity contribution is 7.92. The number of rotatable bonds is 8. The quantitative estimate of drug-likeness (QED) is 0.589. The molecule has 0 bridgehead atoms. The van der Waals surface area contributed by atoms with E-state index in [4.69, 9.17) is 0 Å². The number of amides is 1. The van der Waals surface area contributed by atoms with Crippen molar-refractivity contribution in [2.24, 2.45) is 0 Å². The van der Waals surface area contributed by atoms with Crippen LogP contribution < -0.4 is 9.62 Å². The molecule has 0 radical (unpaired) electrons. The second kappa shape index (κ2) is 9.03. The number of hydrogen-bond acceptors (Lipinski definition) is 4. The summed E-state index contributed by atoms with van der Waals surface area (Å²) < 4.78 is 27.0. The molecule has 0 aliphatic carbocycles. The predicted molar refractivity (Wildman–Crippen MR) is 114 cm³/mol. The van der Waals surface area contributed by atoms with E-state index in [1.165, 1.54) is 28.4 Å². The Kier molecular flexibility index (Phi) is 6.49. The van der Waals surface area contributed by atoms with Crippen LogP contribution in [0.1, 0.15) is 17.7 Å². The summed E-state index contributed by atoms with van der Waals surface area (Å²) in [5, 5.41) is 4.82. The molecule has 0 aliphatic rings. The van der Waals surface area contributed by atoms with Crippen LogP contribution >= 0.6 is 11.3 Å². The van der Waals surface area contributed by atoms with Crippen LogP contribution in [0, 0.1) is 0 Å². The van der Waals surface area contributed by atoms with E-state index in [1.54, 1.807) is 47.7 Å². The van der Waals surface area contributed by atoms with Gasteiger partial charge in [-0.15, -0.1) is 11.3 Å². The van der Waals surface area contributed by atoms with Crippen molar-refractivity contribution in [3.05, 3.63) is 77.0 Å². The summed E-state index contributed by atoms with van der Waals surface area (Å²) in [5.74, 6) is -0.123. The van der Waals surface area contributed by atoms with E-state index in [9.17, 15) is 13.2 Å². The van der Waals surface area contributed by atoms with Gasteiger partial charge in [0.1, 0.15) is 0 Å². The van der Waals surface area contributed by atoms with Crippen molar-refractivity contribution in [1.29, 1.82) is 0 Å². The fraction of sp³-hybridized carbons (Fsp3) is 0.190. The van der Waals surface area contributed by atoms with Gasteiger partial charge in [-0.2, -0.15) is 0 Å². The number of sulfonamides is 1. The first kappa shape index (κ1) is 20.1. The van der Waals surface area contributed by atoms with Gasteiger partial charge in [0.25, 0.3) is 10.0 Å². The molecule has 1 amide bonds. The van der Waals surface area contributed by atoms with Crippen LogP contribution in [0.5, 0.6) is 0 Å². The van der Waals surface area contributed by atoms with Crippen LogP contribution in [-0.4, -0.2) is 21.4 Å². The Balaban J connectivity index is 1.65. The summed E-state index contributed by atoms with van der Waals surface area (Å²) in [6, 6.07) is 19.3. The molecule has 1 aromatic heterocycles. The zero-order chi connectivity index (χ0) is 20.0. The first-order valence-corrected chi connectivity index (χ1v) is 11.2. The van der Waals surface area contributed by atoms with Gasteiger partial charge in [0.05, 0.1) is 10.6 Å².